The van der Waals surface area contributed by atoms with Crippen LogP contribution in [0.3, 0.4) is 0 Å². The summed E-state index contributed by atoms with van der Waals surface area (Å²) in [5.41, 5.74) is 0.0981. The Morgan fingerprint density at radius 1 is 0.827 bits per heavy atom. The molecule has 4 aliphatic carbocycles. The third kappa shape index (κ3) is 5.50. The lowest BCUT2D eigenvalue weighted by Gasteiger charge is -2.60. The first-order valence-corrected chi connectivity index (χ1v) is 19.9. The van der Waals surface area contributed by atoms with Gasteiger partial charge in [0.05, 0.1) is 31.5 Å². The highest BCUT2D eigenvalue weighted by atomic mass is 16.8. The minimum Gasteiger partial charge on any atom is -0.394 e. The van der Waals surface area contributed by atoms with Gasteiger partial charge in [-0.25, -0.2) is 0 Å². The van der Waals surface area contributed by atoms with Crippen molar-refractivity contribution in [2.75, 3.05) is 13.2 Å². The van der Waals surface area contributed by atoms with E-state index >= 15 is 0 Å². The molecule has 1 spiro atoms. The van der Waals surface area contributed by atoms with Crippen LogP contribution in [0.25, 0.3) is 0 Å². The highest BCUT2D eigenvalue weighted by Crippen LogP contribution is 2.72. The van der Waals surface area contributed by atoms with Crippen LogP contribution >= 0.6 is 0 Å². The Morgan fingerprint density at radius 2 is 1.60 bits per heavy atom. The second kappa shape index (κ2) is 13.4. The van der Waals surface area contributed by atoms with E-state index in [4.69, 9.17) is 28.4 Å². The van der Waals surface area contributed by atoms with Crippen LogP contribution in [0.1, 0.15) is 92.4 Å². The Morgan fingerprint density at radius 3 is 2.31 bits per heavy atom. The number of rotatable bonds is 5. The smallest absolute Gasteiger partial charge is 0.187 e. The molecule has 8 rings (SSSR count). The van der Waals surface area contributed by atoms with Gasteiger partial charge < -0.3 is 64.2 Å². The SMILES string of the molecule is CC1CC[C@@]2(OC1)OC1CC3C4CC=C5CC(OC6OC(CO)C(O)C(O)C6OC6OC(C)C(O)C(O)C6O)CC[C@]5(C)C4CC[C@]3(C)[C@@]1(O)C2C. The molecule has 0 aromatic rings. The molecular weight excluding hydrogens is 676 g/mol. The maximum atomic E-state index is 12.7. The van der Waals surface area contributed by atoms with E-state index < -0.39 is 79.4 Å². The molecule has 13 nitrogen and oxygen atoms in total. The first-order chi connectivity index (χ1) is 24.6. The molecule has 17 unspecified atom stereocenters. The van der Waals surface area contributed by atoms with E-state index in [0.717, 1.165) is 44.9 Å². The van der Waals surface area contributed by atoms with Gasteiger partial charge in [-0.1, -0.05) is 39.3 Å². The third-order valence-corrected chi connectivity index (χ3v) is 15.8. The van der Waals surface area contributed by atoms with Crippen LogP contribution < -0.4 is 0 Å². The summed E-state index contributed by atoms with van der Waals surface area (Å²) in [7, 11) is 0. The standard InChI is InChI=1S/C39H62O13/c1-18-8-13-38(47-17-18)20(3)39(46)27(52-38)15-25-23-7-6-21-14-22(9-11-36(21,4)24(23)10-12-37(25,39)5)49-35-33(31(44)29(42)26(16-40)50-35)51-34-32(45)30(43)28(41)19(2)48-34/h6,18-20,22-35,40-46H,7-17H2,1-5H3/t18?,19?,20?,22?,23?,24?,25?,26?,27?,28?,29?,30?,31?,32?,33?,34?,35?,36-,37-,38+,39+/m0/s1. The van der Waals surface area contributed by atoms with Crippen molar-refractivity contribution < 1.29 is 64.2 Å². The maximum Gasteiger partial charge on any atom is 0.187 e. The number of aliphatic hydroxyl groups excluding tert-OH is 6. The fourth-order valence-corrected chi connectivity index (χ4v) is 12.5. The average molecular weight is 739 g/mol. The summed E-state index contributed by atoms with van der Waals surface area (Å²) >= 11 is 0. The lowest BCUT2D eigenvalue weighted by Crippen LogP contribution is -2.64. The number of aliphatic hydroxyl groups is 7. The molecule has 4 aliphatic heterocycles. The number of ether oxygens (including phenoxy) is 6. The number of allylic oxidation sites excluding steroid dienone is 1. The Kier molecular flexibility index (Phi) is 9.83. The summed E-state index contributed by atoms with van der Waals surface area (Å²) in [6.07, 6.45) is -3.83. The minimum absolute atomic E-state index is 0.0411. The largest absolute Gasteiger partial charge is 0.394 e. The van der Waals surface area contributed by atoms with Crippen molar-refractivity contribution in [3.63, 3.8) is 0 Å². The third-order valence-electron chi connectivity index (χ3n) is 15.8. The molecule has 0 radical (unpaired) electrons. The molecule has 4 saturated heterocycles. The first-order valence-electron chi connectivity index (χ1n) is 19.9. The Hall–Kier alpha value is -0.780. The Balaban J connectivity index is 0.977. The molecule has 0 bridgehead atoms. The van der Waals surface area contributed by atoms with Crippen LogP contribution in [-0.4, -0.2) is 134 Å². The fourth-order valence-electron chi connectivity index (χ4n) is 12.5. The van der Waals surface area contributed by atoms with Crippen LogP contribution in [0.2, 0.25) is 0 Å². The molecule has 52 heavy (non-hydrogen) atoms. The molecular formula is C39H62O13. The zero-order valence-electron chi connectivity index (χ0n) is 31.3. The van der Waals surface area contributed by atoms with E-state index in [-0.39, 0.29) is 29.0 Å². The van der Waals surface area contributed by atoms with Crippen molar-refractivity contribution in [3.8, 4) is 0 Å². The van der Waals surface area contributed by atoms with E-state index in [2.05, 4.69) is 33.8 Å². The number of hydrogen-bond donors (Lipinski definition) is 7. The van der Waals surface area contributed by atoms with Gasteiger partial charge in [0, 0.05) is 17.8 Å². The molecule has 4 heterocycles. The van der Waals surface area contributed by atoms with Crippen LogP contribution in [-0.2, 0) is 28.4 Å². The summed E-state index contributed by atoms with van der Waals surface area (Å²) in [6, 6.07) is 0. The number of hydrogen-bond acceptors (Lipinski definition) is 13. The lowest BCUT2D eigenvalue weighted by atomic mass is 9.46. The molecule has 13 heteroatoms. The summed E-state index contributed by atoms with van der Waals surface area (Å²) < 4.78 is 37.3. The van der Waals surface area contributed by atoms with Crippen molar-refractivity contribution in [2.45, 2.75) is 177 Å². The van der Waals surface area contributed by atoms with Gasteiger partial charge in [0.15, 0.2) is 18.4 Å². The lowest BCUT2D eigenvalue weighted by molar-refractivity contribution is -0.369. The van der Waals surface area contributed by atoms with Crippen LogP contribution in [0.4, 0.5) is 0 Å². The highest BCUT2D eigenvalue weighted by molar-refractivity contribution is 5.29. The normalized spacial score (nSPS) is 58.9. The van der Waals surface area contributed by atoms with Gasteiger partial charge in [-0.15, -0.1) is 0 Å². The first kappa shape index (κ1) is 38.1. The van der Waals surface area contributed by atoms with Gasteiger partial charge in [-0.2, -0.15) is 0 Å². The Bertz CT molecular complexity index is 1350. The van der Waals surface area contributed by atoms with Crippen molar-refractivity contribution in [2.24, 2.45) is 40.4 Å². The van der Waals surface area contributed by atoms with E-state index in [1.54, 1.807) is 0 Å². The van der Waals surface area contributed by atoms with Crippen molar-refractivity contribution >= 4 is 0 Å². The Labute approximate surface area is 306 Å². The van der Waals surface area contributed by atoms with E-state index in [1.807, 2.05) is 0 Å². The van der Waals surface area contributed by atoms with Gasteiger partial charge in [0.25, 0.3) is 0 Å². The molecule has 0 aromatic heterocycles. The predicted octanol–water partition coefficient (Wildman–Crippen LogP) is 1.50. The van der Waals surface area contributed by atoms with Crippen molar-refractivity contribution in [1.29, 1.82) is 0 Å². The summed E-state index contributed by atoms with van der Waals surface area (Å²) in [5.74, 6) is 0.929. The van der Waals surface area contributed by atoms with Gasteiger partial charge in [-0.05, 0) is 87.4 Å². The van der Waals surface area contributed by atoms with E-state index in [0.29, 0.717) is 43.1 Å². The number of fused-ring (bicyclic) bond motifs is 7. The molecule has 0 aromatic carbocycles. The second-order valence-corrected chi connectivity index (χ2v) is 18.4. The summed E-state index contributed by atoms with van der Waals surface area (Å²) in [5, 5.41) is 75.6. The topological polar surface area (TPSA) is 197 Å². The second-order valence-electron chi connectivity index (χ2n) is 18.4. The predicted molar refractivity (Wildman–Crippen MR) is 183 cm³/mol. The summed E-state index contributed by atoms with van der Waals surface area (Å²) in [4.78, 5) is 0. The zero-order valence-corrected chi connectivity index (χ0v) is 31.3. The van der Waals surface area contributed by atoms with Crippen molar-refractivity contribution in [3.05, 3.63) is 11.6 Å². The minimum atomic E-state index is -1.62. The molecule has 7 N–H and O–H groups in total. The van der Waals surface area contributed by atoms with E-state index in [1.165, 1.54) is 12.5 Å². The quantitative estimate of drug-likeness (QED) is 0.201. The summed E-state index contributed by atoms with van der Waals surface area (Å²) in [6.45, 7) is 10.7. The monoisotopic (exact) mass is 738 g/mol. The van der Waals surface area contributed by atoms with Crippen LogP contribution in [0.5, 0.6) is 0 Å². The van der Waals surface area contributed by atoms with Crippen LogP contribution in [0.15, 0.2) is 11.6 Å². The van der Waals surface area contributed by atoms with E-state index in [9.17, 15) is 35.7 Å². The molecule has 3 saturated carbocycles. The van der Waals surface area contributed by atoms with Gasteiger partial charge >= 0.3 is 0 Å². The van der Waals surface area contributed by atoms with Crippen LogP contribution in [0, 0.1) is 40.4 Å². The molecule has 0 amide bonds. The molecule has 7 fully saturated rings. The molecule has 296 valence electrons. The maximum absolute atomic E-state index is 12.7. The van der Waals surface area contributed by atoms with Crippen molar-refractivity contribution in [1.82, 2.24) is 0 Å². The molecule has 8 aliphatic rings. The average Bonchev–Trinajstić information content (AvgIpc) is 3.48. The molecule has 21 atom stereocenters. The zero-order chi connectivity index (χ0) is 37.1. The fraction of sp³-hybridized carbons (Fsp3) is 0.949. The van der Waals surface area contributed by atoms with Gasteiger partial charge in [0.1, 0.15) is 48.3 Å². The highest BCUT2D eigenvalue weighted by Gasteiger charge is 2.76. The van der Waals surface area contributed by atoms with Gasteiger partial charge in [-0.3, -0.25) is 0 Å². The van der Waals surface area contributed by atoms with Gasteiger partial charge in [0.2, 0.25) is 0 Å².